The SMILES string of the molecule is COC(=O)c1cnc(OC)c(-c2nc3c(n2C(C)C)C(c2ccc(Cl)cc2)N(c2cc(Cl)cn(C)c2=O)C3=O)c1. The van der Waals surface area contributed by atoms with Crippen LogP contribution in [0.15, 0.2) is 53.6 Å². The third-order valence-electron chi connectivity index (χ3n) is 6.69. The van der Waals surface area contributed by atoms with Crippen LogP contribution in [0.25, 0.3) is 11.4 Å². The Kier molecular flexibility index (Phi) is 7.16. The van der Waals surface area contributed by atoms with Crippen LogP contribution in [-0.4, -0.2) is 45.2 Å². The van der Waals surface area contributed by atoms with Crippen LogP contribution in [0, 0.1) is 0 Å². The highest BCUT2D eigenvalue weighted by atomic mass is 35.5. The maximum absolute atomic E-state index is 14.1. The van der Waals surface area contributed by atoms with Crippen molar-refractivity contribution < 1.29 is 19.1 Å². The number of hydrogen-bond donors (Lipinski definition) is 0. The van der Waals surface area contributed by atoms with Gasteiger partial charge in [0.2, 0.25) is 5.88 Å². The van der Waals surface area contributed by atoms with Crippen LogP contribution >= 0.6 is 23.2 Å². The van der Waals surface area contributed by atoms with E-state index in [1.165, 1.54) is 42.1 Å². The molecule has 0 aliphatic carbocycles. The molecule has 1 unspecified atom stereocenters. The van der Waals surface area contributed by atoms with E-state index in [2.05, 4.69) is 4.98 Å². The second-order valence-electron chi connectivity index (χ2n) is 9.49. The number of fused-ring (bicyclic) bond motifs is 1. The van der Waals surface area contributed by atoms with Gasteiger partial charge in [0.15, 0.2) is 5.69 Å². The second kappa shape index (κ2) is 10.4. The normalized spacial score (nSPS) is 14.6. The number of amides is 1. The number of rotatable bonds is 6. The molecule has 206 valence electrons. The molecule has 1 aliphatic rings. The third-order valence-corrected chi connectivity index (χ3v) is 7.14. The van der Waals surface area contributed by atoms with E-state index in [1.54, 1.807) is 37.4 Å². The molecule has 0 N–H and O–H groups in total. The summed E-state index contributed by atoms with van der Waals surface area (Å²) in [5.74, 6) is -0.467. The highest BCUT2D eigenvalue weighted by molar-refractivity contribution is 6.31. The zero-order valence-corrected chi connectivity index (χ0v) is 23.8. The number of esters is 1. The molecule has 12 heteroatoms. The molecule has 4 aromatic rings. The standard InChI is InChI=1S/C28H25Cl2N5O5/c1-14(2)34-23-21(32-24(34)19-10-16(28(38)40-5)12-31-25(19)39-4)27(37)35(20-11-18(30)13-33(3)26(20)36)22(23)15-6-8-17(29)9-7-15/h6-14,22H,1-5H3. The number of benzene rings is 1. The fourth-order valence-electron chi connectivity index (χ4n) is 4.96. The minimum atomic E-state index is -0.739. The van der Waals surface area contributed by atoms with E-state index < -0.39 is 23.5 Å². The van der Waals surface area contributed by atoms with Gasteiger partial charge in [-0.3, -0.25) is 14.5 Å². The Bertz CT molecular complexity index is 1710. The number of halogens is 2. The lowest BCUT2D eigenvalue weighted by Gasteiger charge is -2.28. The largest absolute Gasteiger partial charge is 0.480 e. The number of imidazole rings is 1. The predicted molar refractivity (Wildman–Crippen MR) is 151 cm³/mol. The average molecular weight is 582 g/mol. The molecule has 1 atom stereocenters. The minimum absolute atomic E-state index is 0.113. The number of pyridine rings is 2. The van der Waals surface area contributed by atoms with E-state index in [-0.39, 0.29) is 28.9 Å². The molecule has 1 aliphatic heterocycles. The molecule has 1 amide bonds. The highest BCUT2D eigenvalue weighted by Crippen LogP contribution is 2.45. The molecule has 4 heterocycles. The van der Waals surface area contributed by atoms with Gasteiger partial charge in [-0.2, -0.15) is 0 Å². The molecule has 0 spiro atoms. The number of ether oxygens (including phenoxy) is 2. The van der Waals surface area contributed by atoms with Crippen molar-refractivity contribution in [3.05, 3.63) is 91.7 Å². The fraction of sp³-hybridized carbons (Fsp3) is 0.250. The maximum atomic E-state index is 14.1. The molecule has 5 rings (SSSR count). The van der Waals surface area contributed by atoms with Crippen LogP contribution in [-0.2, 0) is 11.8 Å². The van der Waals surface area contributed by atoms with Crippen molar-refractivity contribution in [2.75, 3.05) is 19.1 Å². The van der Waals surface area contributed by atoms with Gasteiger partial charge in [-0.1, -0.05) is 35.3 Å². The zero-order valence-electron chi connectivity index (χ0n) is 22.3. The van der Waals surface area contributed by atoms with Gasteiger partial charge >= 0.3 is 5.97 Å². The van der Waals surface area contributed by atoms with E-state index in [1.807, 2.05) is 18.4 Å². The number of nitrogens with zero attached hydrogens (tertiary/aromatic N) is 5. The van der Waals surface area contributed by atoms with Crippen LogP contribution in [0.3, 0.4) is 0 Å². The Morgan fingerprint density at radius 3 is 2.38 bits per heavy atom. The van der Waals surface area contributed by atoms with Crippen molar-refractivity contribution in [3.63, 3.8) is 0 Å². The molecular formula is C28H25Cl2N5O5. The molecular weight excluding hydrogens is 557 g/mol. The quantitative estimate of drug-likeness (QED) is 0.292. The predicted octanol–water partition coefficient (Wildman–Crippen LogP) is 5.08. The summed E-state index contributed by atoms with van der Waals surface area (Å²) in [7, 11) is 4.30. The van der Waals surface area contributed by atoms with E-state index in [9.17, 15) is 14.4 Å². The van der Waals surface area contributed by atoms with Gasteiger partial charge in [-0.15, -0.1) is 0 Å². The van der Waals surface area contributed by atoms with Crippen LogP contribution in [0.2, 0.25) is 10.0 Å². The van der Waals surface area contributed by atoms with Crippen LogP contribution in [0.1, 0.15) is 58.0 Å². The van der Waals surface area contributed by atoms with Crippen LogP contribution in [0.4, 0.5) is 5.69 Å². The molecule has 0 fully saturated rings. The molecule has 0 bridgehead atoms. The maximum Gasteiger partial charge on any atom is 0.339 e. The van der Waals surface area contributed by atoms with Crippen LogP contribution in [0.5, 0.6) is 5.88 Å². The summed E-state index contributed by atoms with van der Waals surface area (Å²) in [4.78, 5) is 50.2. The van der Waals surface area contributed by atoms with E-state index >= 15 is 0 Å². The molecule has 10 nitrogen and oxygen atoms in total. The summed E-state index contributed by atoms with van der Waals surface area (Å²) in [5.41, 5.74) is 1.74. The summed E-state index contributed by atoms with van der Waals surface area (Å²) < 4.78 is 13.6. The fourth-order valence-corrected chi connectivity index (χ4v) is 5.34. The van der Waals surface area contributed by atoms with Gasteiger partial charge in [0, 0.05) is 30.5 Å². The first-order valence-corrected chi connectivity index (χ1v) is 13.0. The number of hydrogen-bond acceptors (Lipinski definition) is 7. The Morgan fingerprint density at radius 2 is 1.75 bits per heavy atom. The van der Waals surface area contributed by atoms with Gasteiger partial charge in [0.05, 0.1) is 36.1 Å². The Balaban J connectivity index is 1.82. The summed E-state index contributed by atoms with van der Waals surface area (Å²) in [6.07, 6.45) is 2.83. The van der Waals surface area contributed by atoms with E-state index in [4.69, 9.17) is 37.7 Å². The molecule has 0 saturated carbocycles. The molecule has 40 heavy (non-hydrogen) atoms. The summed E-state index contributed by atoms with van der Waals surface area (Å²) in [6, 6.07) is 9.14. The van der Waals surface area contributed by atoms with Crippen LogP contribution < -0.4 is 15.2 Å². The Morgan fingerprint density at radius 1 is 1.05 bits per heavy atom. The van der Waals surface area contributed by atoms with Crippen molar-refractivity contribution in [1.82, 2.24) is 19.1 Å². The second-order valence-corrected chi connectivity index (χ2v) is 10.4. The summed E-state index contributed by atoms with van der Waals surface area (Å²) >= 11 is 12.5. The van der Waals surface area contributed by atoms with Gasteiger partial charge in [-0.25, -0.2) is 14.8 Å². The van der Waals surface area contributed by atoms with E-state index in [0.29, 0.717) is 32.7 Å². The van der Waals surface area contributed by atoms with Gasteiger partial charge in [0.25, 0.3) is 11.5 Å². The molecule has 3 aromatic heterocycles. The molecule has 1 aromatic carbocycles. The summed E-state index contributed by atoms with van der Waals surface area (Å²) in [5, 5.41) is 0.819. The lowest BCUT2D eigenvalue weighted by atomic mass is 10.0. The zero-order chi connectivity index (χ0) is 28.9. The lowest BCUT2D eigenvalue weighted by molar-refractivity contribution is 0.0600. The third kappa shape index (κ3) is 4.43. The Hall–Kier alpha value is -4.15. The number of aromatic nitrogens is 4. The molecule has 0 saturated heterocycles. The van der Waals surface area contributed by atoms with Crippen molar-refractivity contribution >= 4 is 40.8 Å². The van der Waals surface area contributed by atoms with Gasteiger partial charge < -0.3 is 18.6 Å². The lowest BCUT2D eigenvalue weighted by Crippen LogP contribution is -2.36. The minimum Gasteiger partial charge on any atom is -0.480 e. The number of carbonyl (C=O) groups excluding carboxylic acids is 2. The molecule has 0 radical (unpaired) electrons. The first kappa shape index (κ1) is 27.4. The van der Waals surface area contributed by atoms with E-state index in [0.717, 1.165) is 0 Å². The number of carbonyl (C=O) groups is 2. The van der Waals surface area contributed by atoms with Crippen molar-refractivity contribution in [2.45, 2.75) is 25.9 Å². The van der Waals surface area contributed by atoms with Gasteiger partial charge in [-0.05, 0) is 43.7 Å². The number of aryl methyl sites for hydroxylation is 1. The van der Waals surface area contributed by atoms with Crippen molar-refractivity contribution in [3.8, 4) is 17.3 Å². The topological polar surface area (TPSA) is 109 Å². The summed E-state index contributed by atoms with van der Waals surface area (Å²) in [6.45, 7) is 3.89. The number of anilines is 1. The van der Waals surface area contributed by atoms with Gasteiger partial charge in [0.1, 0.15) is 17.6 Å². The Labute approximate surface area is 239 Å². The average Bonchev–Trinajstić information content (AvgIpc) is 3.45. The highest BCUT2D eigenvalue weighted by Gasteiger charge is 2.46. The monoisotopic (exact) mass is 581 g/mol. The smallest absolute Gasteiger partial charge is 0.339 e. The van der Waals surface area contributed by atoms with Crippen molar-refractivity contribution in [1.29, 1.82) is 0 Å². The first-order chi connectivity index (χ1) is 19.1. The van der Waals surface area contributed by atoms with Crippen molar-refractivity contribution in [2.24, 2.45) is 7.05 Å². The first-order valence-electron chi connectivity index (χ1n) is 12.3. The number of methoxy groups -OCH3 is 2.